The molecule has 0 aliphatic rings. The van der Waals surface area contributed by atoms with Crippen LogP contribution in [0.25, 0.3) is 0 Å². The second-order valence-corrected chi connectivity index (χ2v) is 5.44. The van der Waals surface area contributed by atoms with Gasteiger partial charge in [-0.3, -0.25) is 0 Å². The summed E-state index contributed by atoms with van der Waals surface area (Å²) in [5.74, 6) is -0.205. The summed E-state index contributed by atoms with van der Waals surface area (Å²) < 4.78 is 20.0. The maximum Gasteiger partial charge on any atom is 0.173 e. The number of hydrogen-bond donors (Lipinski definition) is 2. The largest absolute Gasteiger partial charge is 0.488 e. The highest BCUT2D eigenvalue weighted by Crippen LogP contribution is 2.26. The molecule has 0 radical (unpaired) electrons. The Morgan fingerprint density at radius 2 is 2.14 bits per heavy atom. The van der Waals surface area contributed by atoms with Crippen LogP contribution in [0.15, 0.2) is 46.0 Å². The van der Waals surface area contributed by atoms with Crippen molar-refractivity contribution in [1.29, 1.82) is 0 Å². The fraction of sp³-hybridized carbons (Fsp3) is 0.0714. The zero-order valence-corrected chi connectivity index (χ0v) is 13.0. The first-order valence-corrected chi connectivity index (χ1v) is 7.03. The molecule has 0 aromatic heterocycles. The highest BCUT2D eigenvalue weighted by molar-refractivity contribution is 9.10. The van der Waals surface area contributed by atoms with Crippen molar-refractivity contribution in [3.63, 3.8) is 0 Å². The van der Waals surface area contributed by atoms with Crippen molar-refractivity contribution in [2.75, 3.05) is 0 Å². The Morgan fingerprint density at radius 3 is 2.81 bits per heavy atom. The molecule has 3 N–H and O–H groups in total. The predicted octanol–water partition coefficient (Wildman–Crippen LogP) is 3.92. The topological polar surface area (TPSA) is 67.8 Å². The number of nitrogens with two attached hydrogens (primary N) is 1. The number of amidine groups is 1. The summed E-state index contributed by atoms with van der Waals surface area (Å²) in [6.07, 6.45) is 0. The van der Waals surface area contributed by atoms with Crippen LogP contribution in [0.5, 0.6) is 5.75 Å². The van der Waals surface area contributed by atoms with Gasteiger partial charge in [0.25, 0.3) is 0 Å². The molecule has 0 aliphatic heterocycles. The molecule has 2 aromatic rings. The van der Waals surface area contributed by atoms with Crippen LogP contribution < -0.4 is 10.5 Å². The Bertz CT molecular complexity index is 674. The number of nitrogens with zero attached hydrogens (tertiary/aromatic N) is 1. The molecule has 0 saturated heterocycles. The van der Waals surface area contributed by atoms with Crippen LogP contribution in [0.3, 0.4) is 0 Å². The van der Waals surface area contributed by atoms with E-state index in [1.807, 2.05) is 0 Å². The monoisotopic (exact) mass is 372 g/mol. The minimum absolute atomic E-state index is 0.0706. The van der Waals surface area contributed by atoms with Crippen molar-refractivity contribution in [3.05, 3.63) is 62.8 Å². The minimum atomic E-state index is -0.454. The molecule has 21 heavy (non-hydrogen) atoms. The lowest BCUT2D eigenvalue weighted by Crippen LogP contribution is -2.15. The van der Waals surface area contributed by atoms with E-state index in [1.165, 1.54) is 12.1 Å². The highest BCUT2D eigenvalue weighted by atomic mass is 79.9. The van der Waals surface area contributed by atoms with E-state index < -0.39 is 5.82 Å². The third-order valence-corrected chi connectivity index (χ3v) is 3.61. The van der Waals surface area contributed by atoms with Crippen molar-refractivity contribution < 1.29 is 14.3 Å². The average molecular weight is 374 g/mol. The fourth-order valence-electron chi connectivity index (χ4n) is 1.70. The second kappa shape index (κ2) is 6.78. The third-order valence-electron chi connectivity index (χ3n) is 2.76. The first kappa shape index (κ1) is 15.6. The lowest BCUT2D eigenvalue weighted by Gasteiger charge is -2.12. The van der Waals surface area contributed by atoms with Crippen LogP contribution in [0.4, 0.5) is 4.39 Å². The van der Waals surface area contributed by atoms with Gasteiger partial charge in [-0.05, 0) is 30.3 Å². The summed E-state index contributed by atoms with van der Waals surface area (Å²) in [5.41, 5.74) is 6.22. The molecular weight excluding hydrogens is 363 g/mol. The van der Waals surface area contributed by atoms with Crippen molar-refractivity contribution in [2.24, 2.45) is 10.9 Å². The molecule has 110 valence electrons. The molecule has 0 amide bonds. The summed E-state index contributed by atoms with van der Waals surface area (Å²) in [6, 6.07) is 9.39. The maximum absolute atomic E-state index is 13.7. The summed E-state index contributed by atoms with van der Waals surface area (Å²) in [7, 11) is 0. The van der Waals surface area contributed by atoms with Crippen molar-refractivity contribution in [2.45, 2.75) is 6.61 Å². The lowest BCUT2D eigenvalue weighted by atomic mass is 10.2. The molecule has 0 saturated carbocycles. The van der Waals surface area contributed by atoms with Gasteiger partial charge in [-0.2, -0.15) is 0 Å². The lowest BCUT2D eigenvalue weighted by molar-refractivity contribution is 0.297. The summed E-state index contributed by atoms with van der Waals surface area (Å²) >= 11 is 9.22. The molecule has 0 unspecified atom stereocenters. The molecule has 7 heteroatoms. The molecule has 0 bridgehead atoms. The average Bonchev–Trinajstić information content (AvgIpc) is 2.47. The number of rotatable bonds is 4. The smallest absolute Gasteiger partial charge is 0.173 e. The van der Waals surface area contributed by atoms with Gasteiger partial charge in [0.05, 0.1) is 10.6 Å². The maximum atomic E-state index is 13.7. The van der Waals surface area contributed by atoms with Gasteiger partial charge >= 0.3 is 0 Å². The standard InChI is InChI=1S/C14H11BrClFN2O2/c15-8-4-5-13(9(6-8)14(18)19-20)21-7-10-11(16)2-1-3-12(10)17/h1-6,20H,7H2,(H2,18,19). The number of hydrogen-bond acceptors (Lipinski definition) is 3. The van der Waals surface area contributed by atoms with Crippen LogP contribution in [-0.4, -0.2) is 11.0 Å². The van der Waals surface area contributed by atoms with Crippen LogP contribution >= 0.6 is 27.5 Å². The molecule has 0 fully saturated rings. The normalized spacial score (nSPS) is 11.5. The first-order valence-electron chi connectivity index (χ1n) is 5.86. The van der Waals surface area contributed by atoms with Gasteiger partial charge in [0.15, 0.2) is 5.84 Å². The molecule has 0 heterocycles. The number of halogens is 3. The van der Waals surface area contributed by atoms with Crippen LogP contribution in [0.2, 0.25) is 5.02 Å². The van der Waals surface area contributed by atoms with E-state index in [0.29, 0.717) is 11.3 Å². The molecule has 0 atom stereocenters. The van der Waals surface area contributed by atoms with Crippen LogP contribution in [-0.2, 0) is 6.61 Å². The zero-order valence-electron chi connectivity index (χ0n) is 10.7. The van der Waals surface area contributed by atoms with Gasteiger partial charge < -0.3 is 15.7 Å². The molecule has 4 nitrogen and oxygen atoms in total. The fourth-order valence-corrected chi connectivity index (χ4v) is 2.28. The molecule has 0 spiro atoms. The van der Waals surface area contributed by atoms with Crippen LogP contribution in [0, 0.1) is 5.82 Å². The highest BCUT2D eigenvalue weighted by Gasteiger charge is 2.12. The van der Waals surface area contributed by atoms with E-state index in [1.54, 1.807) is 24.3 Å². The molecule has 2 aromatic carbocycles. The SMILES string of the molecule is N/C(=N/O)c1cc(Br)ccc1OCc1c(F)cccc1Cl. The minimum Gasteiger partial charge on any atom is -0.488 e. The summed E-state index contributed by atoms with van der Waals surface area (Å²) in [4.78, 5) is 0. The zero-order chi connectivity index (χ0) is 15.4. The molecule has 2 rings (SSSR count). The Morgan fingerprint density at radius 1 is 1.38 bits per heavy atom. The summed E-state index contributed by atoms with van der Waals surface area (Å²) in [6.45, 7) is -0.0706. The number of oxime groups is 1. The Hall–Kier alpha value is -1.79. The van der Waals surface area contributed by atoms with Crippen molar-refractivity contribution in [1.82, 2.24) is 0 Å². The summed E-state index contributed by atoms with van der Waals surface area (Å²) in [5, 5.41) is 12.0. The number of benzene rings is 2. The van der Waals surface area contributed by atoms with Gasteiger partial charge in [0.1, 0.15) is 18.2 Å². The first-order chi connectivity index (χ1) is 10.0. The predicted molar refractivity (Wildman–Crippen MR) is 82.4 cm³/mol. The second-order valence-electron chi connectivity index (χ2n) is 4.11. The van der Waals surface area contributed by atoms with E-state index in [4.69, 9.17) is 27.3 Å². The van der Waals surface area contributed by atoms with E-state index in [-0.39, 0.29) is 23.0 Å². The van der Waals surface area contributed by atoms with E-state index in [9.17, 15) is 4.39 Å². The molecular formula is C14H11BrClFN2O2. The quantitative estimate of drug-likeness (QED) is 0.369. The van der Waals surface area contributed by atoms with Crippen LogP contribution in [0.1, 0.15) is 11.1 Å². The Balaban J connectivity index is 2.28. The number of ether oxygens (including phenoxy) is 1. The van der Waals surface area contributed by atoms with E-state index >= 15 is 0 Å². The van der Waals surface area contributed by atoms with Crippen molar-refractivity contribution >= 4 is 33.4 Å². The van der Waals surface area contributed by atoms with Gasteiger partial charge in [0, 0.05) is 10.0 Å². The Kier molecular flexibility index (Phi) is 5.03. The Labute approximate surface area is 134 Å². The van der Waals surface area contributed by atoms with E-state index in [2.05, 4.69) is 21.1 Å². The van der Waals surface area contributed by atoms with Crippen molar-refractivity contribution in [3.8, 4) is 5.75 Å². The van der Waals surface area contributed by atoms with Gasteiger partial charge in [-0.1, -0.05) is 38.8 Å². The van der Waals surface area contributed by atoms with Gasteiger partial charge in [-0.15, -0.1) is 0 Å². The van der Waals surface area contributed by atoms with Gasteiger partial charge in [0.2, 0.25) is 0 Å². The third kappa shape index (κ3) is 3.65. The van der Waals surface area contributed by atoms with Gasteiger partial charge in [-0.25, -0.2) is 4.39 Å². The molecule has 0 aliphatic carbocycles. The van der Waals surface area contributed by atoms with E-state index in [0.717, 1.165) is 4.47 Å².